The summed E-state index contributed by atoms with van der Waals surface area (Å²) in [5, 5.41) is 7.67. The number of carbonyl (C=O) groups is 1. The van der Waals surface area contributed by atoms with Gasteiger partial charge in [0.1, 0.15) is 5.60 Å². The van der Waals surface area contributed by atoms with Crippen LogP contribution < -0.4 is 10.6 Å². The summed E-state index contributed by atoms with van der Waals surface area (Å²) in [6.07, 6.45) is 10.5. The number of nitrogens with one attached hydrogen (secondary N) is 2. The molecular weight excluding hydrogens is 296 g/mol. The van der Waals surface area contributed by atoms with Gasteiger partial charge in [0, 0.05) is 23.4 Å². The average Bonchev–Trinajstić information content (AvgIpc) is 2.83. The van der Waals surface area contributed by atoms with Crippen molar-refractivity contribution < 1.29 is 9.53 Å². The number of carbonyl (C=O) groups excluding carboxylic acids is 1. The largest absolute Gasteiger partial charge is 0.444 e. The third-order valence-corrected chi connectivity index (χ3v) is 5.68. The molecule has 0 aliphatic heterocycles. The second-order valence-electron chi connectivity index (χ2n) is 7.74. The molecule has 2 rings (SSSR count). The van der Waals surface area contributed by atoms with E-state index >= 15 is 0 Å². The quantitative estimate of drug-likeness (QED) is 0.826. The monoisotopic (exact) mass is 328 g/mol. The fourth-order valence-electron chi connectivity index (χ4n) is 3.58. The van der Waals surface area contributed by atoms with Crippen molar-refractivity contribution in [1.82, 2.24) is 10.6 Å². The third kappa shape index (κ3) is 5.99. The lowest BCUT2D eigenvalue weighted by Gasteiger charge is -2.31. The Balaban J connectivity index is 1.70. The predicted molar refractivity (Wildman–Crippen MR) is 93.5 cm³/mol. The van der Waals surface area contributed by atoms with Gasteiger partial charge in [-0.05, 0) is 65.6 Å². The van der Waals surface area contributed by atoms with Crippen LogP contribution in [0.2, 0.25) is 0 Å². The van der Waals surface area contributed by atoms with Gasteiger partial charge in [0.05, 0.1) is 0 Å². The van der Waals surface area contributed by atoms with Gasteiger partial charge in [-0.15, -0.1) is 0 Å². The van der Waals surface area contributed by atoms with Crippen molar-refractivity contribution in [3.63, 3.8) is 0 Å². The first kappa shape index (κ1) is 17.9. The molecule has 22 heavy (non-hydrogen) atoms. The van der Waals surface area contributed by atoms with E-state index < -0.39 is 5.60 Å². The van der Waals surface area contributed by atoms with Crippen LogP contribution in [0.3, 0.4) is 0 Å². The summed E-state index contributed by atoms with van der Waals surface area (Å²) >= 11 is 2.01. The molecule has 2 saturated carbocycles. The fraction of sp³-hybridized carbons (Fsp3) is 0.941. The van der Waals surface area contributed by atoms with Crippen molar-refractivity contribution in [3.8, 4) is 0 Å². The Morgan fingerprint density at radius 2 is 1.73 bits per heavy atom. The van der Waals surface area contributed by atoms with Crippen molar-refractivity contribution >= 4 is 17.9 Å². The summed E-state index contributed by atoms with van der Waals surface area (Å²) in [5.41, 5.74) is -0.421. The van der Waals surface area contributed by atoms with E-state index in [1.165, 1.54) is 25.7 Å². The van der Waals surface area contributed by atoms with E-state index in [9.17, 15) is 4.79 Å². The molecule has 0 heterocycles. The summed E-state index contributed by atoms with van der Waals surface area (Å²) in [5.74, 6) is 0. The predicted octanol–water partition coefficient (Wildman–Crippen LogP) is 3.70. The molecule has 2 aliphatic carbocycles. The molecule has 2 aliphatic rings. The zero-order chi connectivity index (χ0) is 16.2. The number of ether oxygens (including phenoxy) is 1. The minimum atomic E-state index is -0.421. The molecule has 5 heteroatoms. The molecule has 0 spiro atoms. The minimum Gasteiger partial charge on any atom is -0.444 e. The molecule has 0 aromatic carbocycles. The number of alkyl carbamates (subject to hydrolysis) is 1. The van der Waals surface area contributed by atoms with Gasteiger partial charge in [0.2, 0.25) is 0 Å². The van der Waals surface area contributed by atoms with Crippen LogP contribution in [-0.2, 0) is 4.74 Å². The summed E-state index contributed by atoms with van der Waals surface area (Å²) in [7, 11) is 0. The van der Waals surface area contributed by atoms with Crippen LogP contribution in [0.4, 0.5) is 4.79 Å². The number of thioether (sulfide) groups is 1. The molecule has 2 fully saturated rings. The van der Waals surface area contributed by atoms with Gasteiger partial charge in [-0.25, -0.2) is 4.79 Å². The minimum absolute atomic E-state index is 0.257. The Labute approximate surface area is 139 Å². The summed E-state index contributed by atoms with van der Waals surface area (Å²) in [6, 6.07) is 1.47. The molecule has 4 nitrogen and oxygen atoms in total. The zero-order valence-corrected chi connectivity index (χ0v) is 15.3. The molecule has 0 aromatic heterocycles. The number of hydrogen-bond donors (Lipinski definition) is 2. The first-order valence-corrected chi connectivity index (χ1v) is 9.93. The van der Waals surface area contributed by atoms with Gasteiger partial charge in [-0.3, -0.25) is 0 Å². The summed E-state index contributed by atoms with van der Waals surface area (Å²) < 4.78 is 5.34. The Kier molecular flexibility index (Phi) is 6.45. The van der Waals surface area contributed by atoms with E-state index in [1.54, 1.807) is 0 Å². The highest BCUT2D eigenvalue weighted by Gasteiger charge is 2.30. The Hall–Kier alpha value is -0.420. The zero-order valence-electron chi connectivity index (χ0n) is 14.5. The molecule has 0 saturated heterocycles. The van der Waals surface area contributed by atoms with E-state index in [0.29, 0.717) is 12.1 Å². The maximum atomic E-state index is 11.8. The van der Waals surface area contributed by atoms with Crippen LogP contribution in [-0.4, -0.2) is 41.3 Å². The number of amides is 1. The Morgan fingerprint density at radius 3 is 2.41 bits per heavy atom. The van der Waals surface area contributed by atoms with Crippen LogP contribution >= 0.6 is 11.8 Å². The molecule has 0 bridgehead atoms. The standard InChI is InChI=1S/C17H32N2O2S/c1-17(2,3)21-16(20)19-14-9-8-13(10-14)18-12-6-5-7-15(11-12)22-4/h12-15,18H,5-11H2,1-4H3,(H,19,20). The molecule has 0 aromatic rings. The topological polar surface area (TPSA) is 50.4 Å². The molecule has 0 radical (unpaired) electrons. The second-order valence-corrected chi connectivity index (χ2v) is 8.88. The number of rotatable bonds is 4. The van der Waals surface area contributed by atoms with E-state index in [4.69, 9.17) is 4.74 Å². The van der Waals surface area contributed by atoms with Crippen molar-refractivity contribution in [1.29, 1.82) is 0 Å². The maximum absolute atomic E-state index is 11.8. The van der Waals surface area contributed by atoms with E-state index in [-0.39, 0.29) is 12.1 Å². The maximum Gasteiger partial charge on any atom is 0.407 e. The lowest BCUT2D eigenvalue weighted by Crippen LogP contribution is -2.42. The first-order chi connectivity index (χ1) is 10.4. The van der Waals surface area contributed by atoms with Gasteiger partial charge in [-0.2, -0.15) is 11.8 Å². The van der Waals surface area contributed by atoms with Gasteiger partial charge in [-0.1, -0.05) is 6.42 Å². The highest BCUT2D eigenvalue weighted by molar-refractivity contribution is 7.99. The van der Waals surface area contributed by atoms with Crippen LogP contribution in [0, 0.1) is 0 Å². The van der Waals surface area contributed by atoms with Crippen LogP contribution in [0.5, 0.6) is 0 Å². The van der Waals surface area contributed by atoms with Crippen molar-refractivity contribution in [2.45, 2.75) is 94.7 Å². The van der Waals surface area contributed by atoms with Gasteiger partial charge >= 0.3 is 6.09 Å². The lowest BCUT2D eigenvalue weighted by molar-refractivity contribution is 0.0505. The van der Waals surface area contributed by atoms with Crippen molar-refractivity contribution in [2.24, 2.45) is 0 Å². The molecular formula is C17H32N2O2S. The average molecular weight is 329 g/mol. The molecule has 4 atom stereocenters. The van der Waals surface area contributed by atoms with Gasteiger partial charge < -0.3 is 15.4 Å². The SMILES string of the molecule is CSC1CCCC(NC2CCC(NC(=O)OC(C)(C)C)C2)C1. The van der Waals surface area contributed by atoms with Crippen LogP contribution in [0.1, 0.15) is 65.7 Å². The van der Waals surface area contributed by atoms with Crippen LogP contribution in [0.15, 0.2) is 0 Å². The second kappa shape index (κ2) is 7.91. The Bertz CT molecular complexity index is 370. The molecule has 128 valence electrons. The van der Waals surface area contributed by atoms with Crippen molar-refractivity contribution in [3.05, 3.63) is 0 Å². The van der Waals surface area contributed by atoms with E-state index in [1.807, 2.05) is 32.5 Å². The van der Waals surface area contributed by atoms with Crippen LogP contribution in [0.25, 0.3) is 0 Å². The van der Waals surface area contributed by atoms with E-state index in [0.717, 1.165) is 24.5 Å². The smallest absolute Gasteiger partial charge is 0.407 e. The van der Waals surface area contributed by atoms with Gasteiger partial charge in [0.25, 0.3) is 0 Å². The van der Waals surface area contributed by atoms with E-state index in [2.05, 4.69) is 16.9 Å². The molecule has 4 unspecified atom stereocenters. The third-order valence-electron chi connectivity index (χ3n) is 4.58. The first-order valence-electron chi connectivity index (χ1n) is 8.64. The number of hydrogen-bond acceptors (Lipinski definition) is 4. The fourth-order valence-corrected chi connectivity index (χ4v) is 4.41. The lowest BCUT2D eigenvalue weighted by atomic mass is 9.94. The van der Waals surface area contributed by atoms with Crippen molar-refractivity contribution in [2.75, 3.05) is 6.26 Å². The Morgan fingerprint density at radius 1 is 1.05 bits per heavy atom. The highest BCUT2D eigenvalue weighted by atomic mass is 32.2. The normalized spacial score (nSPS) is 32.7. The molecule has 2 N–H and O–H groups in total. The molecule has 1 amide bonds. The summed E-state index contributed by atoms with van der Waals surface area (Å²) in [4.78, 5) is 11.8. The van der Waals surface area contributed by atoms with Gasteiger partial charge in [0.15, 0.2) is 0 Å². The highest BCUT2D eigenvalue weighted by Crippen LogP contribution is 2.29. The summed E-state index contributed by atoms with van der Waals surface area (Å²) in [6.45, 7) is 5.70.